The van der Waals surface area contributed by atoms with Crippen molar-refractivity contribution in [3.8, 4) is 5.75 Å². The Hall–Kier alpha value is -2.77. The summed E-state index contributed by atoms with van der Waals surface area (Å²) in [5, 5.41) is 4.83. The fraction of sp³-hybridized carbons (Fsp3) is 0.188. The second-order valence-corrected chi connectivity index (χ2v) is 4.73. The van der Waals surface area contributed by atoms with Gasteiger partial charge in [-0.15, -0.1) is 0 Å². The van der Waals surface area contributed by atoms with Crippen molar-refractivity contribution < 1.29 is 27.1 Å². The number of hydrogen-bond acceptors (Lipinski definition) is 2. The zero-order valence-electron chi connectivity index (χ0n) is 12.4. The Labute approximate surface area is 135 Å². The number of nitrogens with one attached hydrogen (secondary N) is 2. The number of para-hydroxylation sites is 1. The molecular weight excluding hydrogens is 328 g/mol. The van der Waals surface area contributed by atoms with E-state index in [4.69, 9.17) is 4.74 Å². The zero-order chi connectivity index (χ0) is 17.6. The molecule has 0 saturated carbocycles. The molecule has 0 unspecified atom stereocenters. The van der Waals surface area contributed by atoms with Crippen LogP contribution in [0.3, 0.4) is 0 Å². The Morgan fingerprint density at radius 2 is 1.71 bits per heavy atom. The van der Waals surface area contributed by atoms with Crippen LogP contribution in [0.25, 0.3) is 0 Å². The zero-order valence-corrected chi connectivity index (χ0v) is 12.4. The van der Waals surface area contributed by atoms with Gasteiger partial charge in [-0.2, -0.15) is 13.2 Å². The lowest BCUT2D eigenvalue weighted by Gasteiger charge is -2.10. The minimum absolute atomic E-state index is 0.0430. The van der Waals surface area contributed by atoms with E-state index in [0.717, 1.165) is 24.3 Å². The van der Waals surface area contributed by atoms with Crippen molar-refractivity contribution in [2.45, 2.75) is 6.18 Å². The summed E-state index contributed by atoms with van der Waals surface area (Å²) < 4.78 is 55.7. The molecule has 0 aliphatic rings. The summed E-state index contributed by atoms with van der Waals surface area (Å²) in [5.41, 5.74) is -0.581. The first kappa shape index (κ1) is 17.6. The van der Waals surface area contributed by atoms with Crippen LogP contribution in [0, 0.1) is 5.82 Å². The van der Waals surface area contributed by atoms with Gasteiger partial charge in [-0.25, -0.2) is 9.18 Å². The molecule has 0 radical (unpaired) electrons. The topological polar surface area (TPSA) is 50.4 Å². The summed E-state index contributed by atoms with van der Waals surface area (Å²) in [6.45, 7) is 0.141. The van der Waals surface area contributed by atoms with E-state index in [9.17, 15) is 22.4 Å². The molecule has 0 atom stereocenters. The Balaban J connectivity index is 1.74. The molecule has 0 aliphatic heterocycles. The lowest BCUT2D eigenvalue weighted by molar-refractivity contribution is -0.137. The van der Waals surface area contributed by atoms with Gasteiger partial charge >= 0.3 is 12.2 Å². The third kappa shape index (κ3) is 5.15. The van der Waals surface area contributed by atoms with Gasteiger partial charge in [0.25, 0.3) is 0 Å². The number of rotatable bonds is 5. The molecule has 0 aliphatic carbocycles. The fourth-order valence-corrected chi connectivity index (χ4v) is 1.81. The number of amides is 2. The van der Waals surface area contributed by atoms with E-state index in [1.165, 1.54) is 18.2 Å². The molecule has 2 rings (SSSR count). The maximum atomic E-state index is 13.3. The number of halogens is 4. The van der Waals surface area contributed by atoms with Gasteiger partial charge in [-0.3, -0.25) is 0 Å². The first-order chi connectivity index (χ1) is 11.4. The summed E-state index contributed by atoms with van der Waals surface area (Å²) in [6.07, 6.45) is -4.43. The van der Waals surface area contributed by atoms with Crippen molar-refractivity contribution in [1.29, 1.82) is 0 Å². The minimum atomic E-state index is -4.43. The number of ether oxygens (including phenoxy) is 1. The highest BCUT2D eigenvalue weighted by Crippen LogP contribution is 2.29. The normalized spacial score (nSPS) is 11.0. The van der Waals surface area contributed by atoms with Crippen molar-refractivity contribution in [3.63, 3.8) is 0 Å². The Bertz CT molecular complexity index is 687. The van der Waals surface area contributed by atoms with Crippen LogP contribution in [0.4, 0.5) is 28.0 Å². The van der Waals surface area contributed by atoms with Gasteiger partial charge in [0.2, 0.25) is 0 Å². The highest BCUT2D eigenvalue weighted by atomic mass is 19.4. The van der Waals surface area contributed by atoms with Crippen molar-refractivity contribution in [3.05, 3.63) is 59.9 Å². The quantitative estimate of drug-likeness (QED) is 0.636. The van der Waals surface area contributed by atoms with Crippen molar-refractivity contribution in [2.75, 3.05) is 18.5 Å². The molecule has 24 heavy (non-hydrogen) atoms. The molecule has 128 valence electrons. The van der Waals surface area contributed by atoms with Crippen LogP contribution in [0.5, 0.6) is 5.75 Å². The average molecular weight is 342 g/mol. The van der Waals surface area contributed by atoms with E-state index in [1.54, 1.807) is 6.07 Å². The van der Waals surface area contributed by atoms with Gasteiger partial charge < -0.3 is 15.4 Å². The molecule has 8 heteroatoms. The fourth-order valence-electron chi connectivity index (χ4n) is 1.81. The van der Waals surface area contributed by atoms with Crippen LogP contribution >= 0.6 is 0 Å². The molecule has 2 aromatic rings. The monoisotopic (exact) mass is 342 g/mol. The first-order valence-corrected chi connectivity index (χ1v) is 6.96. The molecule has 2 amide bonds. The molecule has 0 saturated heterocycles. The number of benzene rings is 2. The summed E-state index contributed by atoms with van der Waals surface area (Å²) in [6, 6.07) is 9.29. The number of urea groups is 1. The second-order valence-electron chi connectivity index (χ2n) is 4.73. The van der Waals surface area contributed by atoms with E-state index < -0.39 is 23.6 Å². The predicted molar refractivity (Wildman–Crippen MR) is 80.4 cm³/mol. The Morgan fingerprint density at radius 3 is 2.33 bits per heavy atom. The number of carbonyl (C=O) groups excluding carboxylic acids is 1. The van der Waals surface area contributed by atoms with Crippen molar-refractivity contribution >= 4 is 11.7 Å². The van der Waals surface area contributed by atoms with Crippen LogP contribution in [-0.2, 0) is 6.18 Å². The van der Waals surface area contributed by atoms with Crippen molar-refractivity contribution in [1.82, 2.24) is 5.32 Å². The van der Waals surface area contributed by atoms with Crippen LogP contribution in [0.1, 0.15) is 5.56 Å². The minimum Gasteiger partial charge on any atom is -0.489 e. The van der Waals surface area contributed by atoms with Gasteiger partial charge in [0.15, 0.2) is 11.6 Å². The van der Waals surface area contributed by atoms with Crippen molar-refractivity contribution in [2.24, 2.45) is 0 Å². The molecule has 0 bridgehead atoms. The molecule has 4 nitrogen and oxygen atoms in total. The smallest absolute Gasteiger partial charge is 0.416 e. The van der Waals surface area contributed by atoms with Gasteiger partial charge in [0, 0.05) is 5.69 Å². The molecule has 0 fully saturated rings. The maximum absolute atomic E-state index is 13.3. The molecule has 2 N–H and O–H groups in total. The molecule has 0 aromatic heterocycles. The predicted octanol–water partition coefficient (Wildman–Crippen LogP) is 4.05. The van der Waals surface area contributed by atoms with E-state index in [0.29, 0.717) is 0 Å². The van der Waals surface area contributed by atoms with Crippen LogP contribution in [0.15, 0.2) is 48.5 Å². The van der Waals surface area contributed by atoms with Gasteiger partial charge in [0.1, 0.15) is 6.61 Å². The van der Waals surface area contributed by atoms with Crippen LogP contribution in [0.2, 0.25) is 0 Å². The number of hydrogen-bond donors (Lipinski definition) is 2. The molecule has 0 heterocycles. The lowest BCUT2D eigenvalue weighted by atomic mass is 10.2. The van der Waals surface area contributed by atoms with E-state index in [1.807, 2.05) is 0 Å². The van der Waals surface area contributed by atoms with Gasteiger partial charge in [0.05, 0.1) is 12.1 Å². The molecular formula is C16H14F4N2O2. The highest BCUT2D eigenvalue weighted by Gasteiger charge is 2.29. The van der Waals surface area contributed by atoms with E-state index >= 15 is 0 Å². The summed E-state index contributed by atoms with van der Waals surface area (Å²) in [4.78, 5) is 11.6. The largest absolute Gasteiger partial charge is 0.489 e. The first-order valence-electron chi connectivity index (χ1n) is 6.96. The molecule has 2 aromatic carbocycles. The summed E-state index contributed by atoms with van der Waals surface area (Å²) in [7, 11) is 0. The van der Waals surface area contributed by atoms with Crippen LogP contribution in [-0.4, -0.2) is 19.2 Å². The van der Waals surface area contributed by atoms with E-state index in [-0.39, 0.29) is 24.6 Å². The summed E-state index contributed by atoms with van der Waals surface area (Å²) >= 11 is 0. The van der Waals surface area contributed by atoms with Gasteiger partial charge in [-0.1, -0.05) is 12.1 Å². The Morgan fingerprint density at radius 1 is 1.04 bits per heavy atom. The maximum Gasteiger partial charge on any atom is 0.416 e. The molecule has 0 spiro atoms. The average Bonchev–Trinajstić information content (AvgIpc) is 2.53. The van der Waals surface area contributed by atoms with E-state index in [2.05, 4.69) is 10.6 Å². The standard InChI is InChI=1S/C16H14F4N2O2/c17-13-3-1-2-4-14(13)24-10-9-21-15(23)22-12-7-5-11(6-8-12)16(18,19)20/h1-8H,9-10H2,(H2,21,22,23). The second kappa shape index (κ2) is 7.67. The lowest BCUT2D eigenvalue weighted by Crippen LogP contribution is -2.32. The summed E-state index contributed by atoms with van der Waals surface area (Å²) in [5.74, 6) is -0.436. The van der Waals surface area contributed by atoms with Crippen LogP contribution < -0.4 is 15.4 Å². The Kier molecular flexibility index (Phi) is 5.62. The number of alkyl halides is 3. The number of anilines is 1. The van der Waals surface area contributed by atoms with Gasteiger partial charge in [-0.05, 0) is 36.4 Å². The SMILES string of the molecule is O=C(NCCOc1ccccc1F)Nc1ccc(C(F)(F)F)cc1. The number of carbonyl (C=O) groups is 1. The highest BCUT2D eigenvalue weighted by molar-refractivity contribution is 5.89. The third-order valence-corrected chi connectivity index (χ3v) is 2.95. The third-order valence-electron chi connectivity index (χ3n) is 2.95.